The Morgan fingerprint density at radius 2 is 1.50 bits per heavy atom. The molecule has 2 rings (SSSR count). The van der Waals surface area contributed by atoms with E-state index in [1.54, 1.807) is 6.07 Å². The number of rotatable bonds is 9. The van der Waals surface area contributed by atoms with Crippen LogP contribution in [-0.2, 0) is 23.0 Å². The minimum atomic E-state index is -4.21. The lowest BCUT2D eigenvalue weighted by atomic mass is 9.96. The summed E-state index contributed by atoms with van der Waals surface area (Å²) in [5, 5.41) is 1.60. The first-order chi connectivity index (χ1) is 11.5. The Labute approximate surface area is 145 Å². The number of hydrogen-bond acceptors (Lipinski definition) is 2. The number of benzene rings is 2. The van der Waals surface area contributed by atoms with E-state index in [9.17, 15) is 13.0 Å². The largest absolute Gasteiger partial charge is 0.295 e. The maximum absolute atomic E-state index is 11.7. The molecule has 0 saturated carbocycles. The smallest absolute Gasteiger partial charge is 0.282 e. The van der Waals surface area contributed by atoms with E-state index in [1.807, 2.05) is 18.2 Å². The fourth-order valence-corrected chi connectivity index (χ4v) is 3.86. The minimum absolute atomic E-state index is 0.0223. The van der Waals surface area contributed by atoms with Crippen molar-refractivity contribution in [3.63, 3.8) is 0 Å². The third-order valence-corrected chi connectivity index (χ3v) is 5.44. The molecule has 0 saturated heterocycles. The average molecular weight is 349 g/mol. The van der Waals surface area contributed by atoms with Crippen LogP contribution in [0.4, 0.5) is 0 Å². The van der Waals surface area contributed by atoms with E-state index >= 15 is 0 Å². The minimum Gasteiger partial charge on any atom is -0.282 e. The number of unbranched alkanes of at least 4 members (excludes halogenated alkanes) is 4. The van der Waals surface area contributed by atoms with Crippen molar-refractivity contribution in [1.29, 1.82) is 0 Å². The average Bonchev–Trinajstić information content (AvgIpc) is 2.54. The molecule has 0 bridgehead atoms. The van der Waals surface area contributed by atoms with Gasteiger partial charge < -0.3 is 0 Å². The van der Waals surface area contributed by atoms with Gasteiger partial charge in [0.2, 0.25) is 0 Å². The molecule has 0 aliphatic heterocycles. The second-order valence-electron chi connectivity index (χ2n) is 6.49. The maximum Gasteiger partial charge on any atom is 0.295 e. The fraction of sp³-hybridized carbons (Fsp3) is 0.500. The van der Waals surface area contributed by atoms with Crippen LogP contribution in [0.15, 0.2) is 35.2 Å². The molecule has 132 valence electrons. The molecule has 0 fully saturated rings. The summed E-state index contributed by atoms with van der Waals surface area (Å²) < 4.78 is 33.1. The van der Waals surface area contributed by atoms with Crippen molar-refractivity contribution in [2.45, 2.75) is 70.1 Å². The monoisotopic (exact) mass is 348 g/mol. The summed E-state index contributed by atoms with van der Waals surface area (Å²) >= 11 is 0. The zero-order valence-corrected chi connectivity index (χ0v) is 15.5. The molecule has 1 N–H and O–H groups in total. The summed E-state index contributed by atoms with van der Waals surface area (Å²) in [6.45, 7) is 4.33. The lowest BCUT2D eigenvalue weighted by molar-refractivity contribution is 0.484. The van der Waals surface area contributed by atoms with Gasteiger partial charge in [0.1, 0.15) is 4.90 Å². The molecule has 0 aliphatic rings. The molecule has 2 aromatic rings. The first-order valence-electron chi connectivity index (χ1n) is 8.99. The van der Waals surface area contributed by atoms with E-state index in [1.165, 1.54) is 6.42 Å². The summed E-state index contributed by atoms with van der Waals surface area (Å²) in [6.07, 6.45) is 8.71. The van der Waals surface area contributed by atoms with Crippen molar-refractivity contribution in [2.75, 3.05) is 0 Å². The van der Waals surface area contributed by atoms with Gasteiger partial charge in [-0.2, -0.15) is 8.42 Å². The Kier molecular flexibility index (Phi) is 6.81. The van der Waals surface area contributed by atoms with Crippen molar-refractivity contribution in [3.8, 4) is 0 Å². The Balaban J connectivity index is 2.45. The van der Waals surface area contributed by atoms with Crippen molar-refractivity contribution in [2.24, 2.45) is 0 Å². The second kappa shape index (κ2) is 8.63. The number of fused-ring (bicyclic) bond motifs is 1. The van der Waals surface area contributed by atoms with Crippen LogP contribution >= 0.6 is 0 Å². The van der Waals surface area contributed by atoms with Crippen molar-refractivity contribution < 1.29 is 13.0 Å². The lowest BCUT2D eigenvalue weighted by Gasteiger charge is -2.12. The predicted molar refractivity (Wildman–Crippen MR) is 100 cm³/mol. The molecule has 0 heterocycles. The Morgan fingerprint density at radius 1 is 0.833 bits per heavy atom. The highest BCUT2D eigenvalue weighted by Gasteiger charge is 2.16. The van der Waals surface area contributed by atoms with E-state index in [-0.39, 0.29) is 4.90 Å². The van der Waals surface area contributed by atoms with Crippen LogP contribution in [0.1, 0.15) is 63.5 Å². The van der Waals surface area contributed by atoms with Crippen LogP contribution in [0.2, 0.25) is 0 Å². The summed E-state index contributed by atoms with van der Waals surface area (Å²) in [5.74, 6) is 0. The molecule has 0 unspecified atom stereocenters. The number of hydrogen-bond donors (Lipinski definition) is 1. The molecule has 0 aliphatic carbocycles. The van der Waals surface area contributed by atoms with Gasteiger partial charge in [-0.05, 0) is 54.3 Å². The lowest BCUT2D eigenvalue weighted by Crippen LogP contribution is -2.01. The Morgan fingerprint density at radius 3 is 2.12 bits per heavy atom. The van der Waals surface area contributed by atoms with Gasteiger partial charge in [0, 0.05) is 5.39 Å². The van der Waals surface area contributed by atoms with Gasteiger partial charge in [0.05, 0.1) is 0 Å². The van der Waals surface area contributed by atoms with Gasteiger partial charge in [-0.25, -0.2) is 0 Å². The normalized spacial score (nSPS) is 12.0. The maximum atomic E-state index is 11.7. The third-order valence-electron chi connectivity index (χ3n) is 4.53. The van der Waals surface area contributed by atoms with Crippen LogP contribution in [0.25, 0.3) is 10.8 Å². The van der Waals surface area contributed by atoms with Crippen LogP contribution in [-0.4, -0.2) is 13.0 Å². The molecule has 3 nitrogen and oxygen atoms in total. The highest BCUT2D eigenvalue weighted by Crippen LogP contribution is 2.29. The van der Waals surface area contributed by atoms with E-state index in [0.717, 1.165) is 61.5 Å². The third kappa shape index (κ3) is 4.81. The van der Waals surface area contributed by atoms with E-state index in [2.05, 4.69) is 19.9 Å². The van der Waals surface area contributed by atoms with Gasteiger partial charge in [-0.15, -0.1) is 0 Å². The summed E-state index contributed by atoms with van der Waals surface area (Å²) in [5.41, 5.74) is 2.29. The Bertz CT molecular complexity index is 779. The highest BCUT2D eigenvalue weighted by molar-refractivity contribution is 7.86. The highest BCUT2D eigenvalue weighted by atomic mass is 32.2. The summed E-state index contributed by atoms with van der Waals surface area (Å²) in [4.78, 5) is 0.0223. The quantitative estimate of drug-likeness (QED) is 0.477. The van der Waals surface area contributed by atoms with E-state index in [0.29, 0.717) is 5.39 Å². The second-order valence-corrected chi connectivity index (χ2v) is 7.88. The van der Waals surface area contributed by atoms with Crippen molar-refractivity contribution in [1.82, 2.24) is 0 Å². The van der Waals surface area contributed by atoms with Crippen LogP contribution in [0.3, 0.4) is 0 Å². The Hall–Kier alpha value is -1.39. The zero-order chi connectivity index (χ0) is 17.6. The molecule has 24 heavy (non-hydrogen) atoms. The standard InChI is InChI=1S/C20H28O3S/c1-3-5-7-9-16-11-13-18-17(10-8-6-4-2)12-14-20(19(18)15-16)24(21,22)23/h11-15H,3-10H2,1-2H3,(H,21,22,23). The van der Waals surface area contributed by atoms with Gasteiger partial charge in [0.25, 0.3) is 10.1 Å². The topological polar surface area (TPSA) is 54.4 Å². The molecular formula is C20H28O3S. The van der Waals surface area contributed by atoms with E-state index in [4.69, 9.17) is 0 Å². The van der Waals surface area contributed by atoms with Crippen LogP contribution in [0, 0.1) is 0 Å². The molecular weight excluding hydrogens is 320 g/mol. The van der Waals surface area contributed by atoms with Gasteiger partial charge >= 0.3 is 0 Å². The molecule has 0 radical (unpaired) electrons. The molecule has 0 spiro atoms. The summed E-state index contributed by atoms with van der Waals surface area (Å²) in [6, 6.07) is 9.45. The molecule has 4 heteroatoms. The van der Waals surface area contributed by atoms with Crippen LogP contribution in [0.5, 0.6) is 0 Å². The first-order valence-corrected chi connectivity index (χ1v) is 10.4. The molecule has 0 atom stereocenters. The molecule has 0 amide bonds. The van der Waals surface area contributed by atoms with Gasteiger partial charge in [-0.3, -0.25) is 4.55 Å². The van der Waals surface area contributed by atoms with Gasteiger partial charge in [0.15, 0.2) is 0 Å². The summed E-state index contributed by atoms with van der Waals surface area (Å²) in [7, 11) is -4.21. The number of aryl methyl sites for hydroxylation is 2. The predicted octanol–water partition coefficient (Wildman–Crippen LogP) is 5.55. The molecule has 2 aromatic carbocycles. The van der Waals surface area contributed by atoms with E-state index < -0.39 is 10.1 Å². The van der Waals surface area contributed by atoms with Crippen molar-refractivity contribution >= 4 is 20.9 Å². The molecule has 0 aromatic heterocycles. The SMILES string of the molecule is CCCCCc1ccc2c(CCCCC)ccc(S(=O)(=O)O)c2c1. The zero-order valence-electron chi connectivity index (χ0n) is 14.7. The van der Waals surface area contributed by atoms with Crippen molar-refractivity contribution in [3.05, 3.63) is 41.5 Å². The fourth-order valence-electron chi connectivity index (χ4n) is 3.17. The van der Waals surface area contributed by atoms with Gasteiger partial charge in [-0.1, -0.05) is 57.7 Å². The first kappa shape index (κ1) is 18.9. The van der Waals surface area contributed by atoms with Crippen LogP contribution < -0.4 is 0 Å².